The standard InChI is InChI=1S/C26H26N4O4/c31-23-15-28(17-6-2-1-3-7-17)26(32)22-14-20-19-8-4-5-9-21(19)27-24(20)25(29(22)23)16-10-12-18(13-11-16)30(33)34/h4-5,8-13,17,22,25,27H,1-3,6-7,14-15H2/t22-,25?/m0/s1. The normalized spacial score (nSPS) is 23.2. The minimum Gasteiger partial charge on any atom is -0.356 e. The molecule has 6 rings (SSSR count). The fourth-order valence-corrected chi connectivity index (χ4v) is 6.11. The van der Waals surface area contributed by atoms with Gasteiger partial charge in [0, 0.05) is 41.2 Å². The van der Waals surface area contributed by atoms with Crippen LogP contribution in [-0.4, -0.2) is 50.1 Å². The van der Waals surface area contributed by atoms with Crippen molar-refractivity contribution in [3.05, 3.63) is 75.5 Å². The van der Waals surface area contributed by atoms with E-state index in [9.17, 15) is 19.7 Å². The van der Waals surface area contributed by atoms with Gasteiger partial charge in [-0.25, -0.2) is 0 Å². The molecule has 3 heterocycles. The molecule has 2 atom stereocenters. The number of benzene rings is 2. The van der Waals surface area contributed by atoms with Crippen molar-refractivity contribution in [2.75, 3.05) is 6.54 Å². The van der Waals surface area contributed by atoms with Gasteiger partial charge < -0.3 is 14.8 Å². The third-order valence-corrected chi connectivity index (χ3v) is 7.73. The zero-order chi connectivity index (χ0) is 23.4. The topological polar surface area (TPSA) is 99.5 Å². The van der Waals surface area contributed by atoms with Crippen LogP contribution >= 0.6 is 0 Å². The van der Waals surface area contributed by atoms with Crippen LogP contribution in [0.1, 0.15) is 55.0 Å². The number of nitro groups is 1. The number of nitrogens with zero attached hydrogens (tertiary/aromatic N) is 3. The highest BCUT2D eigenvalue weighted by molar-refractivity contribution is 5.97. The van der Waals surface area contributed by atoms with Crippen LogP contribution in [0.4, 0.5) is 5.69 Å². The average molecular weight is 459 g/mol. The van der Waals surface area contributed by atoms with Crippen molar-refractivity contribution in [2.45, 2.75) is 56.7 Å². The number of aromatic amines is 1. The molecule has 8 nitrogen and oxygen atoms in total. The minimum atomic E-state index is -0.574. The van der Waals surface area contributed by atoms with E-state index in [4.69, 9.17) is 0 Å². The number of hydrogen-bond acceptors (Lipinski definition) is 4. The van der Waals surface area contributed by atoms with Gasteiger partial charge in [-0.3, -0.25) is 19.7 Å². The van der Waals surface area contributed by atoms with Gasteiger partial charge in [0.15, 0.2) is 0 Å². The molecule has 34 heavy (non-hydrogen) atoms. The predicted octanol–water partition coefficient (Wildman–Crippen LogP) is 4.09. The zero-order valence-corrected chi connectivity index (χ0v) is 18.8. The van der Waals surface area contributed by atoms with E-state index in [0.717, 1.165) is 53.4 Å². The number of H-pyrrole nitrogens is 1. The first-order valence-corrected chi connectivity index (χ1v) is 12.0. The number of para-hydroxylation sites is 1. The van der Waals surface area contributed by atoms with E-state index in [-0.39, 0.29) is 30.1 Å². The van der Waals surface area contributed by atoms with E-state index in [2.05, 4.69) is 4.98 Å². The smallest absolute Gasteiger partial charge is 0.269 e. The Balaban J connectivity index is 1.47. The SMILES string of the molecule is O=C1[C@@H]2Cc3c([nH]c4ccccc34)C(c3ccc([N+](=O)[O-])cc3)N2C(=O)CN1C1CCCCC1. The molecule has 0 spiro atoms. The Labute approximate surface area is 196 Å². The highest BCUT2D eigenvalue weighted by Gasteiger charge is 2.49. The molecule has 2 fully saturated rings. The highest BCUT2D eigenvalue weighted by Crippen LogP contribution is 2.43. The summed E-state index contributed by atoms with van der Waals surface area (Å²) in [7, 11) is 0. The number of fused-ring (bicyclic) bond motifs is 4. The Kier molecular flexibility index (Phi) is 4.90. The summed E-state index contributed by atoms with van der Waals surface area (Å²) in [6, 6.07) is 13.4. The molecule has 8 heteroatoms. The fourth-order valence-electron chi connectivity index (χ4n) is 6.11. The molecule has 1 aromatic heterocycles. The first kappa shape index (κ1) is 20.9. The van der Waals surface area contributed by atoms with E-state index in [1.807, 2.05) is 29.2 Å². The zero-order valence-electron chi connectivity index (χ0n) is 18.8. The maximum atomic E-state index is 13.8. The number of rotatable bonds is 3. The van der Waals surface area contributed by atoms with Crippen LogP contribution in [0.3, 0.4) is 0 Å². The van der Waals surface area contributed by atoms with Crippen molar-refractivity contribution >= 4 is 28.4 Å². The van der Waals surface area contributed by atoms with Crippen molar-refractivity contribution in [2.24, 2.45) is 0 Å². The van der Waals surface area contributed by atoms with Gasteiger partial charge in [-0.2, -0.15) is 0 Å². The van der Waals surface area contributed by atoms with Gasteiger partial charge >= 0.3 is 0 Å². The molecule has 3 aliphatic rings. The van der Waals surface area contributed by atoms with Crippen molar-refractivity contribution in [3.63, 3.8) is 0 Å². The molecule has 2 aromatic carbocycles. The van der Waals surface area contributed by atoms with Gasteiger partial charge in [0.2, 0.25) is 11.8 Å². The number of aromatic nitrogens is 1. The van der Waals surface area contributed by atoms with Crippen molar-refractivity contribution < 1.29 is 14.5 Å². The Morgan fingerprint density at radius 2 is 1.71 bits per heavy atom. The largest absolute Gasteiger partial charge is 0.356 e. The number of piperazine rings is 1. The molecule has 1 N–H and O–H groups in total. The molecular weight excluding hydrogens is 432 g/mol. The number of carbonyl (C=O) groups is 2. The lowest BCUT2D eigenvalue weighted by Crippen LogP contribution is -2.65. The first-order chi connectivity index (χ1) is 16.5. The molecule has 2 amide bonds. The Morgan fingerprint density at radius 1 is 0.971 bits per heavy atom. The third-order valence-electron chi connectivity index (χ3n) is 7.73. The van der Waals surface area contributed by atoms with Gasteiger partial charge in [0.05, 0.1) is 11.0 Å². The third kappa shape index (κ3) is 3.20. The molecular formula is C26H26N4O4. The quantitative estimate of drug-likeness (QED) is 0.472. The summed E-state index contributed by atoms with van der Waals surface area (Å²) in [5.74, 6) is -0.0443. The summed E-state index contributed by atoms with van der Waals surface area (Å²) < 4.78 is 0. The number of nitrogens with one attached hydrogen (secondary N) is 1. The van der Waals surface area contributed by atoms with Gasteiger partial charge in [-0.1, -0.05) is 37.5 Å². The predicted molar refractivity (Wildman–Crippen MR) is 126 cm³/mol. The van der Waals surface area contributed by atoms with Gasteiger partial charge in [0.1, 0.15) is 12.6 Å². The highest BCUT2D eigenvalue weighted by atomic mass is 16.6. The molecule has 2 aliphatic heterocycles. The molecule has 1 aliphatic carbocycles. The number of non-ortho nitro benzene ring substituents is 1. The molecule has 0 bridgehead atoms. The van der Waals surface area contributed by atoms with E-state index in [1.165, 1.54) is 18.6 Å². The Morgan fingerprint density at radius 3 is 2.44 bits per heavy atom. The van der Waals surface area contributed by atoms with Crippen molar-refractivity contribution in [1.82, 2.24) is 14.8 Å². The second kappa shape index (κ2) is 7.97. The van der Waals surface area contributed by atoms with Crippen LogP contribution in [0.25, 0.3) is 10.9 Å². The van der Waals surface area contributed by atoms with Gasteiger partial charge in [-0.15, -0.1) is 0 Å². The van der Waals surface area contributed by atoms with Crippen molar-refractivity contribution in [3.8, 4) is 0 Å². The fraction of sp³-hybridized carbons (Fsp3) is 0.385. The van der Waals surface area contributed by atoms with Crippen molar-refractivity contribution in [1.29, 1.82) is 0 Å². The molecule has 1 unspecified atom stereocenters. The van der Waals surface area contributed by atoms with Crippen LogP contribution < -0.4 is 0 Å². The van der Waals surface area contributed by atoms with E-state index in [1.54, 1.807) is 17.0 Å². The van der Waals surface area contributed by atoms with Crippen LogP contribution in [0.2, 0.25) is 0 Å². The van der Waals surface area contributed by atoms with Crippen LogP contribution in [0, 0.1) is 10.1 Å². The molecule has 1 saturated carbocycles. The van der Waals surface area contributed by atoms with Crippen LogP contribution in [0.5, 0.6) is 0 Å². The lowest BCUT2D eigenvalue weighted by molar-refractivity contribution is -0.384. The molecule has 174 valence electrons. The monoisotopic (exact) mass is 458 g/mol. The number of carbonyl (C=O) groups excluding carboxylic acids is 2. The number of amides is 2. The average Bonchev–Trinajstić information content (AvgIpc) is 3.24. The van der Waals surface area contributed by atoms with Gasteiger partial charge in [-0.05, 0) is 42.2 Å². The summed E-state index contributed by atoms with van der Waals surface area (Å²) in [5, 5.41) is 12.3. The Hall–Kier alpha value is -3.68. The first-order valence-electron chi connectivity index (χ1n) is 12.0. The second-order valence-corrected chi connectivity index (χ2v) is 9.59. The number of nitro benzene ring substituents is 1. The molecule has 3 aromatic rings. The summed E-state index contributed by atoms with van der Waals surface area (Å²) >= 11 is 0. The van der Waals surface area contributed by atoms with E-state index >= 15 is 0 Å². The summed E-state index contributed by atoms with van der Waals surface area (Å²) in [6.45, 7) is 0.0963. The summed E-state index contributed by atoms with van der Waals surface area (Å²) in [5.41, 5.74) is 3.65. The van der Waals surface area contributed by atoms with Crippen LogP contribution in [-0.2, 0) is 16.0 Å². The maximum Gasteiger partial charge on any atom is 0.269 e. The molecule has 1 saturated heterocycles. The van der Waals surface area contributed by atoms with Crippen LogP contribution in [0.15, 0.2) is 48.5 Å². The summed E-state index contributed by atoms with van der Waals surface area (Å²) in [4.78, 5) is 45.3. The number of hydrogen-bond donors (Lipinski definition) is 1. The van der Waals surface area contributed by atoms with Gasteiger partial charge in [0.25, 0.3) is 5.69 Å². The lowest BCUT2D eigenvalue weighted by Gasteiger charge is -2.49. The summed E-state index contributed by atoms with van der Waals surface area (Å²) in [6.07, 6.45) is 5.75. The lowest BCUT2D eigenvalue weighted by atomic mass is 9.85. The van der Waals surface area contributed by atoms with E-state index in [0.29, 0.717) is 6.42 Å². The second-order valence-electron chi connectivity index (χ2n) is 9.59. The minimum absolute atomic E-state index is 0.00231. The Bertz CT molecular complexity index is 1290. The van der Waals surface area contributed by atoms with E-state index < -0.39 is 17.0 Å². The molecule has 0 radical (unpaired) electrons. The maximum absolute atomic E-state index is 13.8.